The highest BCUT2D eigenvalue weighted by atomic mass is 16.7. The zero-order chi connectivity index (χ0) is 88.9. The van der Waals surface area contributed by atoms with Crippen LogP contribution in [-0.4, -0.2) is 60.2 Å². The lowest BCUT2D eigenvalue weighted by atomic mass is 10.1. The summed E-state index contributed by atoms with van der Waals surface area (Å²) < 4.78 is 32.9. The minimum Gasteiger partial charge on any atom is -0.426 e. The van der Waals surface area contributed by atoms with Crippen LogP contribution in [0.5, 0.6) is 11.5 Å². The molecule has 0 radical (unpaired) electrons. The largest absolute Gasteiger partial charge is 0.426 e. The van der Waals surface area contributed by atoms with Crippen LogP contribution in [0.2, 0.25) is 0 Å². The Kier molecular flexibility index (Phi) is 74.4. The van der Waals surface area contributed by atoms with E-state index in [1.165, 1.54) is 70.2 Å². The average molecular weight is 1680 g/mol. The van der Waals surface area contributed by atoms with E-state index in [1.807, 2.05) is 6.08 Å². The van der Waals surface area contributed by atoms with Gasteiger partial charge in [0.2, 0.25) is 24.4 Å². The number of amides is 2. The number of hydrogen-bond donors (Lipinski definition) is 2. The molecule has 2 aromatic rings. The van der Waals surface area contributed by atoms with E-state index >= 15 is 0 Å². The first-order valence-electron chi connectivity index (χ1n) is 46.5. The third-order valence-corrected chi connectivity index (χ3v) is 18.8. The van der Waals surface area contributed by atoms with Crippen molar-refractivity contribution in [2.75, 3.05) is 10.6 Å². The highest BCUT2D eigenvalue weighted by Gasteiger charge is 2.24. The molecule has 0 saturated heterocycles. The summed E-state index contributed by atoms with van der Waals surface area (Å²) >= 11 is 0. The van der Waals surface area contributed by atoms with Gasteiger partial charge < -0.3 is 39.1 Å². The highest BCUT2D eigenvalue weighted by molar-refractivity contribution is 5.98. The van der Waals surface area contributed by atoms with Gasteiger partial charge in [0.05, 0.1) is 0 Å². The Morgan fingerprint density at radius 2 is 0.492 bits per heavy atom. The molecule has 0 aliphatic heterocycles. The smallest absolute Gasteiger partial charge is 0.345 e. The van der Waals surface area contributed by atoms with Gasteiger partial charge in [-0.25, -0.2) is 9.59 Å². The topological polar surface area (TPSA) is 216 Å². The van der Waals surface area contributed by atoms with E-state index in [0.29, 0.717) is 62.7 Å². The molecule has 2 rings (SSSR count). The van der Waals surface area contributed by atoms with Crippen molar-refractivity contribution >= 4 is 59.0 Å². The van der Waals surface area contributed by atoms with Crippen molar-refractivity contribution in [1.29, 1.82) is 0 Å². The maximum Gasteiger partial charge on any atom is 0.345 e. The molecule has 0 aliphatic carbocycles. The molecule has 0 bridgehead atoms. The maximum atomic E-state index is 13.4. The number of rotatable bonds is 71. The Labute approximate surface area is 737 Å². The predicted octanol–water partition coefficient (Wildman–Crippen LogP) is 29.6. The van der Waals surface area contributed by atoms with Crippen molar-refractivity contribution in [3.8, 4) is 11.5 Å². The fourth-order valence-corrected chi connectivity index (χ4v) is 12.0. The molecule has 2 aromatic carbocycles. The minimum absolute atomic E-state index is 0.000668. The summed E-state index contributed by atoms with van der Waals surface area (Å²) in [6, 6.07) is 9.00. The van der Waals surface area contributed by atoms with Crippen LogP contribution >= 0.6 is 0 Å². The van der Waals surface area contributed by atoms with Crippen molar-refractivity contribution < 1.29 is 66.8 Å². The molecule has 2 unspecified atom stereocenters. The summed E-state index contributed by atoms with van der Waals surface area (Å²) in [6.07, 6.45) is 102. The van der Waals surface area contributed by atoms with Gasteiger partial charge >= 0.3 is 35.8 Å². The summed E-state index contributed by atoms with van der Waals surface area (Å²) in [5, 5.41) is 5.69. The van der Waals surface area contributed by atoms with Gasteiger partial charge in [-0.05, 0) is 190 Å². The summed E-state index contributed by atoms with van der Waals surface area (Å²) in [5.41, 5.74) is 0.633. The Morgan fingerprint density at radius 1 is 0.262 bits per heavy atom. The number of esters is 6. The zero-order valence-electron chi connectivity index (χ0n) is 76.2. The van der Waals surface area contributed by atoms with Gasteiger partial charge in [-0.1, -0.05) is 327 Å². The van der Waals surface area contributed by atoms with Gasteiger partial charge in [-0.15, -0.1) is 0 Å². The molecule has 2 amide bonds. The standard InChI is InChI=1S/C57H81NO7.C49H75NO7/c1-5-8-11-14-16-18-20-22-24-26-28-30-32-34-36-39-41-44-54(59)58-51-47-48-53(52(49-51)57(62)64-50(4)63-55(60)45-42-38-13-10-7-3)65-56(61)46-43-40-37-35-33-31-29-27-25-23-21-19-17-15-12-9-6-2;1-5-8-11-14-16-18-19-20-21-22-23-24-25-27-28-31-33-36-46(51)50-43-39-40-45(57-48(53)38-35-32-29-26-17-15-12-9-6-2)44(41-43)49(54)56-42(4)55-47(52)37-34-30-13-10-7-3/h8-9,11-12,16-19,22-25,28-31,34-37,47-50H,5-7,10,13-15,20-21,26-27,32-33,38-46H2,1-4H3,(H,58,59);8,11,16,18,20-21,23-24,27-28,39-42H,5-7,9-10,12-15,17,19,22,25-26,29-38H2,1-4H3,(H,50,51)/b11-8-,12-9-,18-16-,19-17-,24-22-,25-23-,30-28-,31-29-,36-34-,37-35-;11-8-,18-16-,21-20-,24-23-,28-27-. The van der Waals surface area contributed by atoms with Gasteiger partial charge in [0.25, 0.3) is 0 Å². The Bertz CT molecular complexity index is 3600. The molecular formula is C106H156N2O14. The molecule has 0 aliphatic rings. The van der Waals surface area contributed by atoms with Crippen molar-refractivity contribution in [1.82, 2.24) is 0 Å². The second-order valence-corrected chi connectivity index (χ2v) is 30.1. The zero-order valence-corrected chi connectivity index (χ0v) is 76.2. The van der Waals surface area contributed by atoms with E-state index in [4.69, 9.17) is 28.4 Å². The minimum atomic E-state index is -1.16. The number of hydrogen-bond acceptors (Lipinski definition) is 14. The number of allylic oxidation sites excluding steroid dienone is 30. The quantitative estimate of drug-likeness (QED) is 0.0207. The number of benzene rings is 2. The van der Waals surface area contributed by atoms with Gasteiger partial charge in [0.1, 0.15) is 22.6 Å². The van der Waals surface area contributed by atoms with Gasteiger partial charge in [0.15, 0.2) is 0 Å². The van der Waals surface area contributed by atoms with Crippen molar-refractivity contribution in [3.63, 3.8) is 0 Å². The molecule has 0 aromatic heterocycles. The van der Waals surface area contributed by atoms with E-state index in [9.17, 15) is 38.4 Å². The van der Waals surface area contributed by atoms with Crippen LogP contribution in [-0.2, 0) is 47.7 Å². The summed E-state index contributed by atoms with van der Waals surface area (Å²) in [4.78, 5) is 103. The lowest BCUT2D eigenvalue weighted by molar-refractivity contribution is -0.167. The lowest BCUT2D eigenvalue weighted by Gasteiger charge is -2.16. The van der Waals surface area contributed by atoms with Crippen molar-refractivity contribution in [3.05, 3.63) is 230 Å². The van der Waals surface area contributed by atoms with Crippen LogP contribution in [0.25, 0.3) is 0 Å². The summed E-state index contributed by atoms with van der Waals surface area (Å²) in [6.45, 7) is 15.8. The lowest BCUT2D eigenvalue weighted by Crippen LogP contribution is -2.22. The van der Waals surface area contributed by atoms with Crippen LogP contribution in [0.1, 0.15) is 371 Å². The Morgan fingerprint density at radius 3 is 0.762 bits per heavy atom. The Balaban J connectivity index is 0.00000123. The molecular weight excluding hydrogens is 1530 g/mol. The van der Waals surface area contributed by atoms with Crippen LogP contribution in [0.15, 0.2) is 219 Å². The van der Waals surface area contributed by atoms with Crippen molar-refractivity contribution in [2.24, 2.45) is 0 Å². The molecule has 674 valence electrons. The van der Waals surface area contributed by atoms with E-state index < -0.39 is 48.4 Å². The molecule has 2 atom stereocenters. The number of carbonyl (C=O) groups is 8. The van der Waals surface area contributed by atoms with Crippen molar-refractivity contribution in [2.45, 2.75) is 363 Å². The second-order valence-electron chi connectivity index (χ2n) is 30.1. The highest BCUT2D eigenvalue weighted by Crippen LogP contribution is 2.29. The van der Waals surface area contributed by atoms with Crippen LogP contribution in [0, 0.1) is 0 Å². The number of nitrogens with one attached hydrogen (secondary N) is 2. The predicted molar refractivity (Wildman–Crippen MR) is 507 cm³/mol. The molecule has 0 heterocycles. The molecule has 0 fully saturated rings. The van der Waals surface area contributed by atoms with Gasteiger partial charge in [-0.3, -0.25) is 28.8 Å². The first-order valence-corrected chi connectivity index (χ1v) is 46.5. The molecule has 122 heavy (non-hydrogen) atoms. The number of unbranched alkanes of at least 4 members (excludes halogenated alkanes) is 19. The Hall–Kier alpha value is -9.70. The van der Waals surface area contributed by atoms with E-state index in [-0.39, 0.29) is 66.5 Å². The molecule has 0 saturated carbocycles. The van der Waals surface area contributed by atoms with Crippen LogP contribution < -0.4 is 20.1 Å². The van der Waals surface area contributed by atoms with Gasteiger partial charge in [-0.2, -0.15) is 0 Å². The number of ether oxygens (including phenoxy) is 6. The third-order valence-electron chi connectivity index (χ3n) is 18.8. The fraction of sp³-hybridized carbons (Fsp3) is 0.528. The summed E-state index contributed by atoms with van der Waals surface area (Å²) in [5.74, 6) is -3.87. The van der Waals surface area contributed by atoms with E-state index in [2.05, 4.69) is 228 Å². The first kappa shape index (κ1) is 110. The molecule has 16 nitrogen and oxygen atoms in total. The SMILES string of the molecule is CC/C=C\C/C=C\C/C=C\C/C=C\C/C=C\CCCC(=O)Nc1ccc(OC(=O)CCC/C=C\C/C=C\C/C=C\C/C=C\C/C=C\CC)c(C(=O)OC(C)OC(=O)CCCCCCC)c1.CC/C=C\C/C=C\C/C=C\C/C=C\C/C=C\CCCC(=O)Nc1ccc(OC(=O)CCCCCCCCCCC)c(C(=O)OC(C)OC(=O)CCCCCCC)c1. The van der Waals surface area contributed by atoms with Gasteiger partial charge in [0, 0.05) is 63.7 Å². The van der Waals surface area contributed by atoms with Crippen LogP contribution in [0.3, 0.4) is 0 Å². The van der Waals surface area contributed by atoms with E-state index in [1.54, 1.807) is 12.1 Å². The normalized spacial score (nSPS) is 12.7. The fourth-order valence-electron chi connectivity index (χ4n) is 12.0. The first-order chi connectivity index (χ1) is 59.6. The van der Waals surface area contributed by atoms with E-state index in [0.717, 1.165) is 180 Å². The molecule has 0 spiro atoms. The molecule has 16 heteroatoms. The summed E-state index contributed by atoms with van der Waals surface area (Å²) in [7, 11) is 0. The van der Waals surface area contributed by atoms with Crippen LogP contribution in [0.4, 0.5) is 11.4 Å². The number of carbonyl (C=O) groups excluding carboxylic acids is 8. The monoisotopic (exact) mass is 1680 g/mol. The average Bonchev–Trinajstić information content (AvgIpc) is 0.835. The maximum absolute atomic E-state index is 13.4. The number of anilines is 2. The third kappa shape index (κ3) is 68.9. The second kappa shape index (κ2) is 82.3. The molecule has 2 N–H and O–H groups in total.